The molecule has 126 valence electrons. The number of carbonyl (C=O) groups is 2. The lowest BCUT2D eigenvalue weighted by Crippen LogP contribution is -2.09. The van der Waals surface area contributed by atoms with Crippen molar-refractivity contribution in [2.45, 2.75) is 26.7 Å². The van der Waals surface area contributed by atoms with Crippen LogP contribution in [0.1, 0.15) is 34.8 Å². The highest BCUT2D eigenvalue weighted by molar-refractivity contribution is 5.96. The van der Waals surface area contributed by atoms with Gasteiger partial charge in [0.05, 0.1) is 0 Å². The first-order chi connectivity index (χ1) is 11.5. The number of esters is 1. The summed E-state index contributed by atoms with van der Waals surface area (Å²) >= 11 is 0. The molecule has 0 saturated heterocycles. The monoisotopic (exact) mass is 326 g/mol. The van der Waals surface area contributed by atoms with E-state index in [0.717, 1.165) is 22.4 Å². The molecular formula is C20H22O4. The summed E-state index contributed by atoms with van der Waals surface area (Å²) in [5.74, 6) is 0.555. The molecule has 0 fully saturated rings. The van der Waals surface area contributed by atoms with E-state index in [0.29, 0.717) is 19.4 Å². The number of hydrogen-bond acceptors (Lipinski definition) is 4. The lowest BCUT2D eigenvalue weighted by Gasteiger charge is -2.07. The number of benzene rings is 2. The average Bonchev–Trinajstić information content (AvgIpc) is 2.58. The van der Waals surface area contributed by atoms with Crippen LogP contribution < -0.4 is 4.74 Å². The van der Waals surface area contributed by atoms with Crippen molar-refractivity contribution in [3.8, 4) is 5.75 Å². The van der Waals surface area contributed by atoms with E-state index in [1.807, 2.05) is 55.5 Å². The predicted molar refractivity (Wildman–Crippen MR) is 92.4 cm³/mol. The second-order valence-electron chi connectivity index (χ2n) is 5.62. The van der Waals surface area contributed by atoms with Crippen LogP contribution in [-0.2, 0) is 16.0 Å². The molecule has 2 aromatic rings. The molecule has 4 heteroatoms. The van der Waals surface area contributed by atoms with Crippen molar-refractivity contribution >= 4 is 11.8 Å². The first-order valence-electron chi connectivity index (χ1n) is 7.99. The topological polar surface area (TPSA) is 52.6 Å². The number of hydrogen-bond donors (Lipinski definition) is 0. The predicted octanol–water partition coefficient (Wildman–Crippen LogP) is 3.75. The molecule has 0 N–H and O–H groups in total. The van der Waals surface area contributed by atoms with Gasteiger partial charge >= 0.3 is 5.97 Å². The van der Waals surface area contributed by atoms with Gasteiger partial charge < -0.3 is 9.47 Å². The van der Waals surface area contributed by atoms with Crippen LogP contribution in [0.15, 0.2) is 48.5 Å². The van der Waals surface area contributed by atoms with Gasteiger partial charge in [0.25, 0.3) is 0 Å². The second-order valence-corrected chi connectivity index (χ2v) is 5.62. The van der Waals surface area contributed by atoms with E-state index in [2.05, 4.69) is 0 Å². The number of carbonyl (C=O) groups excluding carboxylic acids is 2. The fraction of sp³-hybridized carbons (Fsp3) is 0.300. The zero-order valence-corrected chi connectivity index (χ0v) is 14.1. The zero-order chi connectivity index (χ0) is 17.4. The van der Waals surface area contributed by atoms with Crippen LogP contribution >= 0.6 is 0 Å². The van der Waals surface area contributed by atoms with Crippen LogP contribution in [0.5, 0.6) is 5.75 Å². The Kier molecular flexibility index (Phi) is 6.55. The summed E-state index contributed by atoms with van der Waals surface area (Å²) in [5.41, 5.74) is 2.99. The Morgan fingerprint density at radius 1 is 0.917 bits per heavy atom. The normalized spacial score (nSPS) is 10.2. The van der Waals surface area contributed by atoms with Crippen molar-refractivity contribution in [3.63, 3.8) is 0 Å². The summed E-state index contributed by atoms with van der Waals surface area (Å²) in [4.78, 5) is 22.8. The highest BCUT2D eigenvalue weighted by Gasteiger charge is 2.06. The maximum Gasteiger partial charge on any atom is 0.302 e. The summed E-state index contributed by atoms with van der Waals surface area (Å²) in [6.07, 6.45) is 1.18. The lowest BCUT2D eigenvalue weighted by atomic mass is 10.0. The highest BCUT2D eigenvalue weighted by Crippen LogP contribution is 2.15. The Bertz CT molecular complexity index is 672. The van der Waals surface area contributed by atoms with Gasteiger partial charge in [-0.25, -0.2) is 0 Å². The molecule has 0 spiro atoms. The van der Waals surface area contributed by atoms with Crippen molar-refractivity contribution in [3.05, 3.63) is 65.2 Å². The lowest BCUT2D eigenvalue weighted by molar-refractivity contribution is -0.141. The minimum absolute atomic E-state index is 0.150. The van der Waals surface area contributed by atoms with Crippen molar-refractivity contribution < 1.29 is 19.1 Å². The summed E-state index contributed by atoms with van der Waals surface area (Å²) in [7, 11) is 0. The molecule has 0 heterocycles. The first-order valence-corrected chi connectivity index (χ1v) is 7.99. The summed E-state index contributed by atoms with van der Waals surface area (Å²) in [5, 5.41) is 0. The average molecular weight is 326 g/mol. The number of rotatable bonds is 8. The molecule has 0 atom stereocenters. The fourth-order valence-electron chi connectivity index (χ4n) is 2.24. The standard InChI is InChI=1S/C20H22O4/c1-15-3-8-18(9-4-15)20(22)12-7-17-5-10-19(11-6-17)24-14-13-23-16(2)21/h3-6,8-11H,7,12-14H2,1-2H3. The number of ether oxygens (including phenoxy) is 2. The molecule has 0 amide bonds. The molecule has 0 aliphatic rings. The largest absolute Gasteiger partial charge is 0.490 e. The molecule has 0 aromatic heterocycles. The van der Waals surface area contributed by atoms with Crippen LogP contribution in [0.2, 0.25) is 0 Å². The SMILES string of the molecule is CC(=O)OCCOc1ccc(CCC(=O)c2ccc(C)cc2)cc1. The van der Waals surface area contributed by atoms with Crippen LogP contribution in [0, 0.1) is 6.92 Å². The van der Waals surface area contributed by atoms with Gasteiger partial charge in [0.1, 0.15) is 19.0 Å². The van der Waals surface area contributed by atoms with Crippen molar-refractivity contribution in [1.29, 1.82) is 0 Å². The van der Waals surface area contributed by atoms with Gasteiger partial charge in [-0.15, -0.1) is 0 Å². The Hall–Kier alpha value is -2.62. The van der Waals surface area contributed by atoms with Gasteiger partial charge in [0, 0.05) is 18.9 Å². The maximum atomic E-state index is 12.2. The molecule has 0 saturated carbocycles. The van der Waals surface area contributed by atoms with Crippen LogP contribution in [0.4, 0.5) is 0 Å². The molecule has 0 aliphatic heterocycles. The summed E-state index contributed by atoms with van der Waals surface area (Å²) in [6.45, 7) is 3.93. The van der Waals surface area contributed by atoms with E-state index in [9.17, 15) is 9.59 Å². The fourth-order valence-corrected chi connectivity index (χ4v) is 2.24. The maximum absolute atomic E-state index is 12.2. The van der Waals surface area contributed by atoms with E-state index >= 15 is 0 Å². The summed E-state index contributed by atoms with van der Waals surface area (Å²) < 4.78 is 10.3. The van der Waals surface area contributed by atoms with Crippen molar-refractivity contribution in [1.82, 2.24) is 0 Å². The molecule has 24 heavy (non-hydrogen) atoms. The molecule has 4 nitrogen and oxygen atoms in total. The Balaban J connectivity index is 1.78. The quantitative estimate of drug-likeness (QED) is 0.421. The van der Waals surface area contributed by atoms with E-state index in [-0.39, 0.29) is 18.4 Å². The molecule has 2 rings (SSSR count). The zero-order valence-electron chi connectivity index (χ0n) is 14.1. The van der Waals surface area contributed by atoms with Crippen LogP contribution in [-0.4, -0.2) is 25.0 Å². The number of Topliss-reactive ketones (excluding diaryl/α,β-unsaturated/α-hetero) is 1. The van der Waals surface area contributed by atoms with Gasteiger partial charge in [0.15, 0.2) is 5.78 Å². The summed E-state index contributed by atoms with van der Waals surface area (Å²) in [6, 6.07) is 15.3. The van der Waals surface area contributed by atoms with Crippen molar-refractivity contribution in [2.24, 2.45) is 0 Å². The third-order valence-electron chi connectivity index (χ3n) is 3.60. The van der Waals surface area contributed by atoms with Gasteiger partial charge in [-0.3, -0.25) is 9.59 Å². The van der Waals surface area contributed by atoms with Gasteiger partial charge in [-0.1, -0.05) is 42.0 Å². The Morgan fingerprint density at radius 2 is 1.58 bits per heavy atom. The highest BCUT2D eigenvalue weighted by atomic mass is 16.6. The van der Waals surface area contributed by atoms with Crippen molar-refractivity contribution in [2.75, 3.05) is 13.2 Å². The van der Waals surface area contributed by atoms with E-state index in [1.165, 1.54) is 6.92 Å². The Morgan fingerprint density at radius 3 is 2.21 bits per heavy atom. The van der Waals surface area contributed by atoms with E-state index < -0.39 is 0 Å². The smallest absolute Gasteiger partial charge is 0.302 e. The minimum atomic E-state index is -0.313. The molecule has 2 aromatic carbocycles. The van der Waals surface area contributed by atoms with Gasteiger partial charge in [0.2, 0.25) is 0 Å². The van der Waals surface area contributed by atoms with Gasteiger partial charge in [-0.05, 0) is 31.0 Å². The first kappa shape index (κ1) is 17.7. The molecule has 0 bridgehead atoms. The Labute approximate surface area is 142 Å². The third-order valence-corrected chi connectivity index (χ3v) is 3.60. The molecule has 0 unspecified atom stereocenters. The van der Waals surface area contributed by atoms with Crippen LogP contribution in [0.25, 0.3) is 0 Å². The molecule has 0 aliphatic carbocycles. The second kappa shape index (κ2) is 8.87. The van der Waals surface area contributed by atoms with Crippen LogP contribution in [0.3, 0.4) is 0 Å². The third kappa shape index (κ3) is 5.88. The number of aryl methyl sites for hydroxylation is 2. The van der Waals surface area contributed by atoms with Gasteiger partial charge in [-0.2, -0.15) is 0 Å². The van der Waals surface area contributed by atoms with E-state index in [4.69, 9.17) is 9.47 Å². The van der Waals surface area contributed by atoms with E-state index in [1.54, 1.807) is 0 Å². The molecule has 0 radical (unpaired) electrons. The molecular weight excluding hydrogens is 304 g/mol. The number of ketones is 1. The minimum Gasteiger partial charge on any atom is -0.490 e.